The standard InChI is InChI=1S/C15H16N8O2/c24-15(19-14-18-13(20-21-14)11-2-1-9-25-11)23-7-5-22(6-8-23)12-10-16-3-4-17-12/h1-4,9-10H,5-8H2,(H2,18,19,20,21,24). The zero-order chi connectivity index (χ0) is 17.1. The van der Waals surface area contributed by atoms with Crippen LogP contribution in [0.25, 0.3) is 11.6 Å². The van der Waals surface area contributed by atoms with E-state index in [-0.39, 0.29) is 12.0 Å². The Hall–Kier alpha value is -3.43. The van der Waals surface area contributed by atoms with Crippen molar-refractivity contribution >= 4 is 17.8 Å². The third kappa shape index (κ3) is 3.27. The summed E-state index contributed by atoms with van der Waals surface area (Å²) in [7, 11) is 0. The predicted octanol–water partition coefficient (Wildman–Crippen LogP) is 1.21. The number of aromatic amines is 1. The predicted molar refractivity (Wildman–Crippen MR) is 88.9 cm³/mol. The molecule has 4 rings (SSSR count). The molecule has 128 valence electrons. The van der Waals surface area contributed by atoms with Crippen LogP contribution in [0.2, 0.25) is 0 Å². The van der Waals surface area contributed by atoms with Crippen molar-refractivity contribution < 1.29 is 9.21 Å². The van der Waals surface area contributed by atoms with Gasteiger partial charge >= 0.3 is 6.03 Å². The molecular weight excluding hydrogens is 324 g/mol. The van der Waals surface area contributed by atoms with Gasteiger partial charge < -0.3 is 14.2 Å². The van der Waals surface area contributed by atoms with Gasteiger partial charge in [-0.05, 0) is 12.1 Å². The summed E-state index contributed by atoms with van der Waals surface area (Å²) in [5.41, 5.74) is 0. The third-order valence-corrected chi connectivity index (χ3v) is 3.90. The average Bonchev–Trinajstić information content (AvgIpc) is 3.34. The van der Waals surface area contributed by atoms with E-state index in [9.17, 15) is 4.79 Å². The van der Waals surface area contributed by atoms with E-state index < -0.39 is 0 Å². The lowest BCUT2D eigenvalue weighted by Crippen LogP contribution is -2.50. The Bertz CT molecular complexity index is 824. The third-order valence-electron chi connectivity index (χ3n) is 3.90. The molecule has 0 unspecified atom stereocenters. The number of aromatic nitrogens is 5. The normalized spacial score (nSPS) is 14.6. The highest BCUT2D eigenvalue weighted by molar-refractivity contribution is 5.87. The molecule has 25 heavy (non-hydrogen) atoms. The van der Waals surface area contributed by atoms with E-state index in [1.54, 1.807) is 41.9 Å². The quantitative estimate of drug-likeness (QED) is 0.736. The number of anilines is 2. The van der Waals surface area contributed by atoms with Crippen molar-refractivity contribution in [3.05, 3.63) is 37.0 Å². The molecule has 1 fully saturated rings. The van der Waals surface area contributed by atoms with Crippen molar-refractivity contribution in [2.24, 2.45) is 0 Å². The lowest BCUT2D eigenvalue weighted by Gasteiger charge is -2.34. The summed E-state index contributed by atoms with van der Waals surface area (Å²) in [5, 5.41) is 9.41. The molecule has 10 nitrogen and oxygen atoms in total. The molecule has 2 amide bonds. The molecule has 0 aliphatic carbocycles. The van der Waals surface area contributed by atoms with Gasteiger partial charge in [0.2, 0.25) is 0 Å². The van der Waals surface area contributed by atoms with E-state index in [1.807, 2.05) is 0 Å². The number of furan rings is 1. The number of hydrogen-bond acceptors (Lipinski definition) is 7. The number of hydrogen-bond donors (Lipinski definition) is 2. The van der Waals surface area contributed by atoms with E-state index in [4.69, 9.17) is 4.42 Å². The summed E-state index contributed by atoms with van der Waals surface area (Å²) >= 11 is 0. The van der Waals surface area contributed by atoms with Crippen LogP contribution in [0, 0.1) is 0 Å². The van der Waals surface area contributed by atoms with Crippen LogP contribution in [0.1, 0.15) is 0 Å². The molecule has 2 N–H and O–H groups in total. The van der Waals surface area contributed by atoms with Gasteiger partial charge in [0.25, 0.3) is 5.95 Å². The van der Waals surface area contributed by atoms with Crippen molar-refractivity contribution in [2.75, 3.05) is 36.4 Å². The molecule has 0 bridgehead atoms. The largest absolute Gasteiger partial charge is 0.461 e. The van der Waals surface area contributed by atoms with Crippen LogP contribution in [-0.2, 0) is 0 Å². The minimum atomic E-state index is -0.233. The van der Waals surface area contributed by atoms with E-state index in [2.05, 4.69) is 35.4 Å². The number of amides is 2. The number of H-pyrrole nitrogens is 1. The number of piperazine rings is 1. The van der Waals surface area contributed by atoms with Gasteiger partial charge in [0.15, 0.2) is 11.6 Å². The molecule has 1 aliphatic heterocycles. The van der Waals surface area contributed by atoms with Gasteiger partial charge in [-0.1, -0.05) is 0 Å². The highest BCUT2D eigenvalue weighted by atomic mass is 16.3. The summed E-state index contributed by atoms with van der Waals surface area (Å²) in [5.74, 6) is 2.06. The Labute approximate surface area is 142 Å². The summed E-state index contributed by atoms with van der Waals surface area (Å²) in [4.78, 5) is 28.7. The maximum atomic E-state index is 12.4. The van der Waals surface area contributed by atoms with Crippen molar-refractivity contribution in [3.63, 3.8) is 0 Å². The number of carbonyl (C=O) groups excluding carboxylic acids is 1. The second kappa shape index (κ2) is 6.59. The van der Waals surface area contributed by atoms with Crippen molar-refractivity contribution in [1.29, 1.82) is 0 Å². The van der Waals surface area contributed by atoms with E-state index in [1.165, 1.54) is 0 Å². The Morgan fingerprint density at radius 2 is 2.12 bits per heavy atom. The molecule has 0 saturated carbocycles. The first kappa shape index (κ1) is 15.1. The second-order valence-electron chi connectivity index (χ2n) is 5.45. The van der Waals surface area contributed by atoms with Gasteiger partial charge in [0.1, 0.15) is 5.82 Å². The van der Waals surface area contributed by atoms with Crippen LogP contribution < -0.4 is 10.2 Å². The number of urea groups is 1. The fourth-order valence-corrected chi connectivity index (χ4v) is 2.61. The van der Waals surface area contributed by atoms with Gasteiger partial charge in [-0.3, -0.25) is 15.4 Å². The van der Waals surface area contributed by atoms with Crippen LogP contribution in [0.15, 0.2) is 41.4 Å². The maximum absolute atomic E-state index is 12.4. The number of nitrogens with one attached hydrogen (secondary N) is 2. The molecular formula is C15H16N8O2. The second-order valence-corrected chi connectivity index (χ2v) is 5.45. The summed E-state index contributed by atoms with van der Waals surface area (Å²) < 4.78 is 5.23. The fraction of sp³-hybridized carbons (Fsp3) is 0.267. The van der Waals surface area contributed by atoms with Gasteiger partial charge in [0.05, 0.1) is 12.5 Å². The minimum absolute atomic E-state index is 0.216. The molecule has 3 aromatic rings. The van der Waals surface area contributed by atoms with Gasteiger partial charge in [-0.2, -0.15) is 4.98 Å². The Balaban J connectivity index is 1.34. The lowest BCUT2D eigenvalue weighted by molar-refractivity contribution is 0.208. The Kier molecular flexibility index (Phi) is 3.99. The summed E-state index contributed by atoms with van der Waals surface area (Å²) in [6.45, 7) is 2.55. The average molecular weight is 340 g/mol. The van der Waals surface area contributed by atoms with E-state index in [0.717, 1.165) is 5.82 Å². The molecule has 0 aromatic carbocycles. The van der Waals surface area contributed by atoms with Crippen LogP contribution in [0.4, 0.5) is 16.6 Å². The molecule has 0 spiro atoms. The SMILES string of the molecule is O=C(Nc1n[nH]c(-c2ccco2)n1)N1CCN(c2cnccn2)CC1. The summed E-state index contributed by atoms with van der Waals surface area (Å²) in [6.07, 6.45) is 6.57. The van der Waals surface area contributed by atoms with Crippen molar-refractivity contribution in [1.82, 2.24) is 30.0 Å². The molecule has 3 aromatic heterocycles. The zero-order valence-electron chi connectivity index (χ0n) is 13.3. The number of rotatable bonds is 3. The first-order valence-electron chi connectivity index (χ1n) is 7.83. The minimum Gasteiger partial charge on any atom is -0.461 e. The summed E-state index contributed by atoms with van der Waals surface area (Å²) in [6, 6.07) is 3.29. The maximum Gasteiger partial charge on any atom is 0.324 e. The highest BCUT2D eigenvalue weighted by Gasteiger charge is 2.23. The molecule has 1 saturated heterocycles. The first-order chi connectivity index (χ1) is 12.3. The van der Waals surface area contributed by atoms with E-state index in [0.29, 0.717) is 37.8 Å². The zero-order valence-corrected chi connectivity index (χ0v) is 13.3. The van der Waals surface area contributed by atoms with Crippen LogP contribution in [-0.4, -0.2) is 62.3 Å². The van der Waals surface area contributed by atoms with Crippen LogP contribution in [0.5, 0.6) is 0 Å². The van der Waals surface area contributed by atoms with Crippen molar-refractivity contribution in [2.45, 2.75) is 0 Å². The van der Waals surface area contributed by atoms with Crippen molar-refractivity contribution in [3.8, 4) is 11.6 Å². The number of carbonyl (C=O) groups is 1. The highest BCUT2D eigenvalue weighted by Crippen LogP contribution is 2.16. The van der Waals surface area contributed by atoms with Gasteiger partial charge in [-0.15, -0.1) is 5.10 Å². The molecule has 0 radical (unpaired) electrons. The Morgan fingerprint density at radius 1 is 1.24 bits per heavy atom. The molecule has 4 heterocycles. The first-order valence-corrected chi connectivity index (χ1v) is 7.83. The van der Waals surface area contributed by atoms with Gasteiger partial charge in [0, 0.05) is 38.6 Å². The van der Waals surface area contributed by atoms with E-state index >= 15 is 0 Å². The fourth-order valence-electron chi connectivity index (χ4n) is 2.61. The Morgan fingerprint density at radius 3 is 2.84 bits per heavy atom. The topological polar surface area (TPSA) is 116 Å². The molecule has 10 heteroatoms. The monoisotopic (exact) mass is 340 g/mol. The molecule has 0 atom stereocenters. The van der Waals surface area contributed by atoms with Crippen LogP contribution in [0.3, 0.4) is 0 Å². The number of nitrogens with zero attached hydrogens (tertiary/aromatic N) is 6. The lowest BCUT2D eigenvalue weighted by atomic mass is 10.3. The smallest absolute Gasteiger partial charge is 0.324 e. The van der Waals surface area contributed by atoms with Gasteiger partial charge in [-0.25, -0.2) is 9.78 Å². The molecule has 1 aliphatic rings. The van der Waals surface area contributed by atoms with Crippen LogP contribution >= 0.6 is 0 Å².